The standard InChI is InChI=1S/C10H9N3O2S/c11-9-5-4-8(16-9)3-1-7-2-6-10(12-7)13(14)15/h1-6,12H,11H2/b3-1+. The van der Waals surface area contributed by atoms with Crippen LogP contribution < -0.4 is 5.73 Å². The molecular formula is C10H9N3O2S. The quantitative estimate of drug-likeness (QED) is 0.633. The highest BCUT2D eigenvalue weighted by Gasteiger charge is 2.05. The van der Waals surface area contributed by atoms with Gasteiger partial charge in [0.1, 0.15) is 5.69 Å². The van der Waals surface area contributed by atoms with E-state index < -0.39 is 4.92 Å². The van der Waals surface area contributed by atoms with E-state index in [2.05, 4.69) is 4.98 Å². The minimum absolute atomic E-state index is 0.00894. The van der Waals surface area contributed by atoms with Crippen LogP contribution in [-0.4, -0.2) is 9.91 Å². The van der Waals surface area contributed by atoms with Gasteiger partial charge in [0.25, 0.3) is 0 Å². The lowest BCUT2D eigenvalue weighted by molar-refractivity contribution is -0.389. The summed E-state index contributed by atoms with van der Waals surface area (Å²) in [5, 5.41) is 11.2. The molecule has 0 atom stereocenters. The van der Waals surface area contributed by atoms with Gasteiger partial charge in [-0.2, -0.15) is 0 Å². The zero-order chi connectivity index (χ0) is 11.5. The predicted molar refractivity (Wildman–Crippen MR) is 65.1 cm³/mol. The maximum absolute atomic E-state index is 10.4. The number of H-pyrrole nitrogens is 1. The molecule has 0 unspecified atom stereocenters. The number of aromatic nitrogens is 1. The van der Waals surface area contributed by atoms with Crippen LogP contribution in [0.1, 0.15) is 10.6 Å². The molecule has 0 bridgehead atoms. The lowest BCUT2D eigenvalue weighted by Crippen LogP contribution is -1.86. The highest BCUT2D eigenvalue weighted by atomic mass is 32.1. The smallest absolute Gasteiger partial charge is 0.321 e. The van der Waals surface area contributed by atoms with Gasteiger partial charge in [-0.25, -0.2) is 4.98 Å². The first kappa shape index (κ1) is 10.4. The summed E-state index contributed by atoms with van der Waals surface area (Å²) in [7, 11) is 0. The summed E-state index contributed by atoms with van der Waals surface area (Å²) in [5.41, 5.74) is 6.27. The first-order valence-corrected chi connectivity index (χ1v) is 5.33. The van der Waals surface area contributed by atoms with Crippen LogP contribution in [0.4, 0.5) is 10.8 Å². The molecule has 2 aromatic rings. The van der Waals surface area contributed by atoms with Gasteiger partial charge in [0, 0.05) is 10.9 Å². The fourth-order valence-electron chi connectivity index (χ4n) is 1.23. The molecule has 5 nitrogen and oxygen atoms in total. The number of thiophene rings is 1. The number of hydrogen-bond donors (Lipinski definition) is 2. The molecule has 0 fully saturated rings. The summed E-state index contributed by atoms with van der Waals surface area (Å²) < 4.78 is 0. The summed E-state index contributed by atoms with van der Waals surface area (Å²) in [6.07, 6.45) is 3.63. The third-order valence-corrected chi connectivity index (χ3v) is 2.84. The number of anilines is 1. The monoisotopic (exact) mass is 235 g/mol. The third kappa shape index (κ3) is 2.29. The van der Waals surface area contributed by atoms with Gasteiger partial charge < -0.3 is 15.8 Å². The molecule has 0 aliphatic rings. The van der Waals surface area contributed by atoms with E-state index in [1.165, 1.54) is 17.4 Å². The van der Waals surface area contributed by atoms with E-state index in [1.54, 1.807) is 12.1 Å². The number of nitro groups is 1. The Morgan fingerprint density at radius 1 is 1.31 bits per heavy atom. The summed E-state index contributed by atoms with van der Waals surface area (Å²) >= 11 is 1.46. The summed E-state index contributed by atoms with van der Waals surface area (Å²) in [4.78, 5) is 13.7. The summed E-state index contributed by atoms with van der Waals surface area (Å²) in [6.45, 7) is 0. The Morgan fingerprint density at radius 2 is 2.12 bits per heavy atom. The van der Waals surface area contributed by atoms with Crippen molar-refractivity contribution < 1.29 is 4.92 Å². The van der Waals surface area contributed by atoms with Crippen molar-refractivity contribution >= 4 is 34.3 Å². The van der Waals surface area contributed by atoms with Gasteiger partial charge in [-0.15, -0.1) is 11.3 Å². The van der Waals surface area contributed by atoms with Gasteiger partial charge in [0.2, 0.25) is 0 Å². The number of nitrogens with zero attached hydrogens (tertiary/aromatic N) is 1. The molecular weight excluding hydrogens is 226 g/mol. The molecule has 16 heavy (non-hydrogen) atoms. The number of rotatable bonds is 3. The van der Waals surface area contributed by atoms with Crippen LogP contribution in [0.2, 0.25) is 0 Å². The Bertz CT molecular complexity index is 542. The Labute approximate surface area is 95.4 Å². The molecule has 0 spiro atoms. The van der Waals surface area contributed by atoms with E-state index in [0.717, 1.165) is 9.88 Å². The zero-order valence-electron chi connectivity index (χ0n) is 8.21. The molecule has 0 saturated heterocycles. The van der Waals surface area contributed by atoms with Gasteiger partial charge in [-0.1, -0.05) is 0 Å². The molecule has 0 saturated carbocycles. The molecule has 0 radical (unpaired) electrons. The molecule has 3 N–H and O–H groups in total. The molecule has 2 rings (SSSR count). The topological polar surface area (TPSA) is 84.9 Å². The first-order valence-electron chi connectivity index (χ1n) is 4.52. The van der Waals surface area contributed by atoms with Gasteiger partial charge in [0.05, 0.1) is 5.00 Å². The van der Waals surface area contributed by atoms with Crippen molar-refractivity contribution in [1.82, 2.24) is 4.98 Å². The largest absolute Gasteiger partial charge is 0.391 e. The van der Waals surface area contributed by atoms with Crippen LogP contribution in [-0.2, 0) is 0 Å². The highest BCUT2D eigenvalue weighted by Crippen LogP contribution is 2.21. The average Bonchev–Trinajstić information content (AvgIpc) is 2.83. The number of nitrogens with two attached hydrogens (primary N) is 1. The normalized spacial score (nSPS) is 11.0. The molecule has 2 aromatic heterocycles. The van der Waals surface area contributed by atoms with Crippen LogP contribution in [0.15, 0.2) is 24.3 Å². The van der Waals surface area contributed by atoms with Crippen molar-refractivity contribution in [3.05, 3.63) is 45.0 Å². The van der Waals surface area contributed by atoms with Crippen molar-refractivity contribution in [3.63, 3.8) is 0 Å². The average molecular weight is 235 g/mol. The number of aromatic amines is 1. The van der Waals surface area contributed by atoms with Crippen molar-refractivity contribution in [2.75, 3.05) is 5.73 Å². The van der Waals surface area contributed by atoms with E-state index in [-0.39, 0.29) is 5.82 Å². The van der Waals surface area contributed by atoms with Crippen LogP contribution >= 0.6 is 11.3 Å². The van der Waals surface area contributed by atoms with E-state index in [4.69, 9.17) is 5.73 Å². The fraction of sp³-hybridized carbons (Fsp3) is 0. The van der Waals surface area contributed by atoms with Gasteiger partial charge in [-0.3, -0.25) is 0 Å². The zero-order valence-corrected chi connectivity index (χ0v) is 9.03. The van der Waals surface area contributed by atoms with E-state index in [0.29, 0.717) is 5.69 Å². The highest BCUT2D eigenvalue weighted by molar-refractivity contribution is 7.16. The second kappa shape index (κ2) is 4.19. The fourth-order valence-corrected chi connectivity index (χ4v) is 1.91. The van der Waals surface area contributed by atoms with Crippen LogP contribution in [0.3, 0.4) is 0 Å². The van der Waals surface area contributed by atoms with Gasteiger partial charge in [-0.05, 0) is 35.3 Å². The summed E-state index contributed by atoms with van der Waals surface area (Å²) in [6, 6.07) is 6.81. The van der Waals surface area contributed by atoms with Crippen LogP contribution in [0.5, 0.6) is 0 Å². The second-order valence-electron chi connectivity index (χ2n) is 3.13. The van der Waals surface area contributed by atoms with E-state index in [9.17, 15) is 10.1 Å². The predicted octanol–water partition coefficient (Wildman–Crippen LogP) is 2.74. The third-order valence-electron chi connectivity index (χ3n) is 1.96. The number of hydrogen-bond acceptors (Lipinski definition) is 4. The molecule has 0 aromatic carbocycles. The van der Waals surface area contributed by atoms with Crippen molar-refractivity contribution in [1.29, 1.82) is 0 Å². The Hall–Kier alpha value is -2.08. The van der Waals surface area contributed by atoms with Gasteiger partial charge >= 0.3 is 5.82 Å². The SMILES string of the molecule is Nc1ccc(/C=C/c2ccc([N+](=O)[O-])[nH]2)s1. The molecule has 2 heterocycles. The Balaban J connectivity index is 2.14. The number of nitrogen functional groups attached to an aromatic ring is 1. The second-order valence-corrected chi connectivity index (χ2v) is 4.28. The minimum Gasteiger partial charge on any atom is -0.391 e. The Kier molecular flexibility index (Phi) is 2.74. The van der Waals surface area contributed by atoms with Crippen molar-refractivity contribution in [2.45, 2.75) is 0 Å². The van der Waals surface area contributed by atoms with E-state index >= 15 is 0 Å². The maximum Gasteiger partial charge on any atom is 0.321 e. The minimum atomic E-state index is -0.458. The number of nitrogens with one attached hydrogen (secondary N) is 1. The first-order chi connectivity index (χ1) is 7.65. The van der Waals surface area contributed by atoms with Gasteiger partial charge in [0.15, 0.2) is 0 Å². The van der Waals surface area contributed by atoms with Crippen molar-refractivity contribution in [2.24, 2.45) is 0 Å². The van der Waals surface area contributed by atoms with Crippen LogP contribution in [0.25, 0.3) is 12.2 Å². The van der Waals surface area contributed by atoms with Crippen LogP contribution in [0, 0.1) is 10.1 Å². The summed E-state index contributed by atoms with van der Waals surface area (Å²) in [5.74, 6) is -0.00894. The lowest BCUT2D eigenvalue weighted by Gasteiger charge is -1.86. The molecule has 0 aliphatic heterocycles. The molecule has 6 heteroatoms. The lowest BCUT2D eigenvalue weighted by atomic mass is 10.3. The molecule has 0 aliphatic carbocycles. The molecule has 82 valence electrons. The Morgan fingerprint density at radius 3 is 2.69 bits per heavy atom. The van der Waals surface area contributed by atoms with Crippen molar-refractivity contribution in [3.8, 4) is 0 Å². The molecule has 0 amide bonds. The maximum atomic E-state index is 10.4. The van der Waals surface area contributed by atoms with E-state index in [1.807, 2.05) is 18.2 Å².